The van der Waals surface area contributed by atoms with Crippen LogP contribution in [-0.2, 0) is 0 Å². The molecule has 0 amide bonds. The van der Waals surface area contributed by atoms with Crippen molar-refractivity contribution >= 4 is 0 Å². The monoisotopic (exact) mass is 154 g/mol. The van der Waals surface area contributed by atoms with Gasteiger partial charge in [0.1, 0.15) is 0 Å². The Morgan fingerprint density at radius 1 is 1.09 bits per heavy atom. The van der Waals surface area contributed by atoms with Crippen LogP contribution in [0, 0.1) is 0 Å². The van der Waals surface area contributed by atoms with Crippen molar-refractivity contribution in [3.8, 4) is 0 Å². The van der Waals surface area contributed by atoms with Gasteiger partial charge in [0.25, 0.3) is 0 Å². The van der Waals surface area contributed by atoms with Crippen LogP contribution >= 0.6 is 0 Å². The smallest absolute Gasteiger partial charge is 0.0615 e. The summed E-state index contributed by atoms with van der Waals surface area (Å²) in [4.78, 5) is 0. The third-order valence-electron chi connectivity index (χ3n) is 1.46. The van der Waals surface area contributed by atoms with Crippen LogP contribution in [-0.4, -0.2) is 11.7 Å². The number of unbranched alkanes of at least 4 members (excludes halogenated alkanes) is 3. The van der Waals surface area contributed by atoms with Gasteiger partial charge in [0.15, 0.2) is 0 Å². The van der Waals surface area contributed by atoms with Crippen molar-refractivity contribution in [2.75, 3.05) is 6.61 Å². The fraction of sp³-hybridized carbons (Fsp3) is 0.600. The third kappa shape index (κ3) is 9.44. The summed E-state index contributed by atoms with van der Waals surface area (Å²) in [6.07, 6.45) is 12.8. The van der Waals surface area contributed by atoms with Gasteiger partial charge in [-0.3, -0.25) is 0 Å². The van der Waals surface area contributed by atoms with E-state index in [1.807, 2.05) is 12.2 Å². The second-order valence-electron chi connectivity index (χ2n) is 2.53. The van der Waals surface area contributed by atoms with Gasteiger partial charge in [-0.1, -0.05) is 44.1 Å². The highest BCUT2D eigenvalue weighted by Crippen LogP contribution is 1.99. The zero-order valence-corrected chi connectivity index (χ0v) is 7.29. The molecule has 1 N–H and O–H groups in total. The van der Waals surface area contributed by atoms with Gasteiger partial charge < -0.3 is 5.11 Å². The SMILES string of the molecule is CCCCC/C=C\C=C\CO. The second kappa shape index (κ2) is 9.44. The largest absolute Gasteiger partial charge is 0.392 e. The highest BCUT2D eigenvalue weighted by Gasteiger charge is 1.79. The normalized spacial score (nSPS) is 11.8. The Hall–Kier alpha value is -0.560. The Kier molecular flexibility index (Phi) is 8.96. The van der Waals surface area contributed by atoms with Gasteiger partial charge in [-0.15, -0.1) is 0 Å². The Bertz CT molecular complexity index is 114. The molecule has 0 saturated carbocycles. The molecule has 0 radical (unpaired) electrons. The predicted octanol–water partition coefficient (Wildman–Crippen LogP) is 2.67. The van der Waals surface area contributed by atoms with E-state index in [-0.39, 0.29) is 6.61 Å². The summed E-state index contributed by atoms with van der Waals surface area (Å²) in [7, 11) is 0. The van der Waals surface area contributed by atoms with E-state index in [4.69, 9.17) is 5.11 Å². The molecule has 11 heavy (non-hydrogen) atoms. The molecule has 0 aromatic rings. The lowest BCUT2D eigenvalue weighted by atomic mass is 10.2. The summed E-state index contributed by atoms with van der Waals surface area (Å²) in [6, 6.07) is 0. The van der Waals surface area contributed by atoms with E-state index in [1.165, 1.54) is 19.3 Å². The number of hydrogen-bond donors (Lipinski definition) is 1. The molecule has 0 rings (SSSR count). The first-order valence-corrected chi connectivity index (χ1v) is 4.34. The lowest BCUT2D eigenvalue weighted by Crippen LogP contribution is -1.70. The van der Waals surface area contributed by atoms with Crippen molar-refractivity contribution < 1.29 is 5.11 Å². The standard InChI is InChI=1S/C10H18O/c1-2-3-4-5-6-7-8-9-10-11/h6-9,11H,2-5,10H2,1H3/b7-6-,9-8+. The molecule has 64 valence electrons. The van der Waals surface area contributed by atoms with Crippen molar-refractivity contribution in [2.45, 2.75) is 32.6 Å². The zero-order valence-electron chi connectivity index (χ0n) is 7.29. The molecule has 1 nitrogen and oxygen atoms in total. The molecule has 0 bridgehead atoms. The van der Waals surface area contributed by atoms with Crippen molar-refractivity contribution in [3.63, 3.8) is 0 Å². The van der Waals surface area contributed by atoms with E-state index in [0.717, 1.165) is 6.42 Å². The van der Waals surface area contributed by atoms with Gasteiger partial charge in [-0.2, -0.15) is 0 Å². The lowest BCUT2D eigenvalue weighted by molar-refractivity contribution is 0.343. The van der Waals surface area contributed by atoms with Gasteiger partial charge >= 0.3 is 0 Å². The van der Waals surface area contributed by atoms with E-state index >= 15 is 0 Å². The van der Waals surface area contributed by atoms with Crippen LogP contribution in [0.1, 0.15) is 32.6 Å². The highest BCUT2D eigenvalue weighted by atomic mass is 16.2. The van der Waals surface area contributed by atoms with E-state index < -0.39 is 0 Å². The fourth-order valence-electron chi connectivity index (χ4n) is 0.826. The lowest BCUT2D eigenvalue weighted by Gasteiger charge is -1.89. The van der Waals surface area contributed by atoms with Crippen molar-refractivity contribution in [3.05, 3.63) is 24.3 Å². The third-order valence-corrected chi connectivity index (χ3v) is 1.46. The van der Waals surface area contributed by atoms with Gasteiger partial charge in [0, 0.05) is 0 Å². The van der Waals surface area contributed by atoms with Crippen LogP contribution in [0.3, 0.4) is 0 Å². The molecule has 0 aliphatic rings. The predicted molar refractivity (Wildman–Crippen MR) is 49.5 cm³/mol. The fourth-order valence-corrected chi connectivity index (χ4v) is 0.826. The van der Waals surface area contributed by atoms with Crippen LogP contribution in [0.25, 0.3) is 0 Å². The van der Waals surface area contributed by atoms with E-state index in [0.29, 0.717) is 0 Å². The first-order valence-electron chi connectivity index (χ1n) is 4.34. The molecular formula is C10H18O. The van der Waals surface area contributed by atoms with Gasteiger partial charge in [-0.25, -0.2) is 0 Å². The topological polar surface area (TPSA) is 20.2 Å². The molecule has 0 saturated heterocycles. The van der Waals surface area contributed by atoms with Gasteiger partial charge in [0.05, 0.1) is 6.61 Å². The average molecular weight is 154 g/mol. The van der Waals surface area contributed by atoms with Crippen molar-refractivity contribution in [1.82, 2.24) is 0 Å². The zero-order chi connectivity index (χ0) is 8.36. The molecule has 0 aromatic heterocycles. The molecule has 0 heterocycles. The minimum atomic E-state index is 0.138. The van der Waals surface area contributed by atoms with Crippen LogP contribution < -0.4 is 0 Å². The maximum atomic E-state index is 8.39. The molecule has 0 unspecified atom stereocenters. The Labute approximate surface area is 69.4 Å². The minimum Gasteiger partial charge on any atom is -0.392 e. The first-order chi connectivity index (χ1) is 5.41. The van der Waals surface area contributed by atoms with E-state index in [9.17, 15) is 0 Å². The van der Waals surface area contributed by atoms with E-state index in [1.54, 1.807) is 6.08 Å². The highest BCUT2D eigenvalue weighted by molar-refractivity contribution is 5.02. The van der Waals surface area contributed by atoms with Crippen molar-refractivity contribution in [2.24, 2.45) is 0 Å². The molecular weight excluding hydrogens is 136 g/mol. The molecule has 0 aromatic carbocycles. The van der Waals surface area contributed by atoms with Crippen LogP contribution in [0.5, 0.6) is 0 Å². The summed E-state index contributed by atoms with van der Waals surface area (Å²) < 4.78 is 0. The number of aliphatic hydroxyl groups excluding tert-OH is 1. The number of rotatable bonds is 6. The van der Waals surface area contributed by atoms with Gasteiger partial charge in [0.2, 0.25) is 0 Å². The van der Waals surface area contributed by atoms with Crippen LogP contribution in [0.4, 0.5) is 0 Å². The summed E-state index contributed by atoms with van der Waals surface area (Å²) in [5.41, 5.74) is 0. The maximum absolute atomic E-state index is 8.39. The first kappa shape index (κ1) is 10.4. The second-order valence-corrected chi connectivity index (χ2v) is 2.53. The number of aliphatic hydroxyl groups is 1. The van der Waals surface area contributed by atoms with Crippen LogP contribution in [0.2, 0.25) is 0 Å². The van der Waals surface area contributed by atoms with Gasteiger partial charge in [-0.05, 0) is 12.8 Å². The number of hydrogen-bond acceptors (Lipinski definition) is 1. The molecule has 0 aliphatic carbocycles. The van der Waals surface area contributed by atoms with Crippen LogP contribution in [0.15, 0.2) is 24.3 Å². The Morgan fingerprint density at radius 3 is 2.45 bits per heavy atom. The van der Waals surface area contributed by atoms with Crippen molar-refractivity contribution in [1.29, 1.82) is 0 Å². The Morgan fingerprint density at radius 2 is 1.82 bits per heavy atom. The molecule has 0 atom stereocenters. The molecule has 0 spiro atoms. The Balaban J connectivity index is 3.09. The average Bonchev–Trinajstić information content (AvgIpc) is 2.03. The molecule has 0 fully saturated rings. The summed E-state index contributed by atoms with van der Waals surface area (Å²) >= 11 is 0. The summed E-state index contributed by atoms with van der Waals surface area (Å²) in [5.74, 6) is 0. The molecule has 1 heteroatoms. The quantitative estimate of drug-likeness (QED) is 0.460. The minimum absolute atomic E-state index is 0.138. The molecule has 0 aliphatic heterocycles. The summed E-state index contributed by atoms with van der Waals surface area (Å²) in [5, 5.41) is 8.39. The number of allylic oxidation sites excluding steroid dienone is 3. The maximum Gasteiger partial charge on any atom is 0.0615 e. The summed E-state index contributed by atoms with van der Waals surface area (Å²) in [6.45, 7) is 2.34. The van der Waals surface area contributed by atoms with E-state index in [2.05, 4.69) is 13.0 Å².